The van der Waals surface area contributed by atoms with Crippen LogP contribution in [0.3, 0.4) is 0 Å². The number of hydroxylamine groups is 3. The molecule has 0 radical (unpaired) electrons. The predicted molar refractivity (Wildman–Crippen MR) is 112 cm³/mol. The van der Waals surface area contributed by atoms with Gasteiger partial charge in [-0.3, -0.25) is 9.98 Å². The number of rotatable bonds is 4. The number of aliphatic imine (C=N–C) groups is 1. The lowest BCUT2D eigenvalue weighted by atomic mass is 10.1. The number of fused-ring (bicyclic) bond motifs is 2. The van der Waals surface area contributed by atoms with Crippen molar-refractivity contribution in [1.82, 2.24) is 20.2 Å². The summed E-state index contributed by atoms with van der Waals surface area (Å²) in [5, 5.41) is 17.4. The van der Waals surface area contributed by atoms with Crippen LogP contribution >= 0.6 is 11.8 Å². The summed E-state index contributed by atoms with van der Waals surface area (Å²) in [6.45, 7) is 2.38. The van der Waals surface area contributed by atoms with E-state index in [1.807, 2.05) is 24.6 Å². The van der Waals surface area contributed by atoms with Crippen molar-refractivity contribution in [3.63, 3.8) is 0 Å². The Kier molecular flexibility index (Phi) is 4.81. The van der Waals surface area contributed by atoms with Crippen molar-refractivity contribution in [3.8, 4) is 11.6 Å². The van der Waals surface area contributed by atoms with Crippen molar-refractivity contribution in [3.05, 3.63) is 53.0 Å². The van der Waals surface area contributed by atoms with E-state index in [4.69, 9.17) is 4.42 Å². The van der Waals surface area contributed by atoms with Gasteiger partial charge in [-0.15, -0.1) is 11.8 Å². The van der Waals surface area contributed by atoms with E-state index in [1.165, 1.54) is 6.26 Å². The molecule has 0 saturated carbocycles. The molecule has 2 aromatic rings. The van der Waals surface area contributed by atoms with Crippen LogP contribution in [-0.2, 0) is 6.54 Å². The van der Waals surface area contributed by atoms with Gasteiger partial charge in [-0.2, -0.15) is 0 Å². The van der Waals surface area contributed by atoms with E-state index in [-0.39, 0.29) is 16.2 Å². The summed E-state index contributed by atoms with van der Waals surface area (Å²) in [6, 6.07) is 4.08. The second-order valence-corrected chi connectivity index (χ2v) is 8.74. The third-order valence-corrected chi connectivity index (χ3v) is 6.45. The smallest absolute Gasteiger partial charge is 0.244 e. The van der Waals surface area contributed by atoms with Gasteiger partial charge in [0.15, 0.2) is 5.50 Å². The van der Waals surface area contributed by atoms with Crippen molar-refractivity contribution in [2.75, 3.05) is 25.9 Å². The van der Waals surface area contributed by atoms with Gasteiger partial charge in [-0.1, -0.05) is 0 Å². The number of nitrogens with one attached hydrogen (secondary N) is 1. The predicted octanol–water partition coefficient (Wildman–Crippen LogP) is 2.56. The lowest BCUT2D eigenvalue weighted by molar-refractivity contribution is -0.890. The van der Waals surface area contributed by atoms with E-state index in [1.54, 1.807) is 24.2 Å². The van der Waals surface area contributed by atoms with Gasteiger partial charge in [0.05, 0.1) is 24.4 Å². The summed E-state index contributed by atoms with van der Waals surface area (Å²) in [4.78, 5) is 15.5. The van der Waals surface area contributed by atoms with Crippen LogP contribution in [-0.4, -0.2) is 63.2 Å². The molecule has 1 N–H and O–H groups in total. The van der Waals surface area contributed by atoms with E-state index >= 15 is 0 Å². The zero-order chi connectivity index (χ0) is 19.8. The second-order valence-electron chi connectivity index (χ2n) is 7.82. The highest BCUT2D eigenvalue weighted by atomic mass is 32.2. The van der Waals surface area contributed by atoms with Crippen molar-refractivity contribution in [2.24, 2.45) is 4.99 Å². The number of thioether (sulfide) groups is 1. The topological polar surface area (TPSA) is 89.6 Å². The van der Waals surface area contributed by atoms with Crippen LogP contribution in [0, 0.1) is 5.21 Å². The van der Waals surface area contributed by atoms with E-state index in [2.05, 4.69) is 25.2 Å². The van der Waals surface area contributed by atoms with Crippen LogP contribution in [0.2, 0.25) is 0 Å². The highest BCUT2D eigenvalue weighted by Crippen LogP contribution is 2.33. The average molecular weight is 413 g/mol. The third kappa shape index (κ3) is 3.65. The molecule has 5 heterocycles. The maximum Gasteiger partial charge on any atom is 0.244 e. The van der Waals surface area contributed by atoms with Gasteiger partial charge < -0.3 is 24.5 Å². The van der Waals surface area contributed by atoms with Gasteiger partial charge in [0, 0.05) is 24.5 Å². The Morgan fingerprint density at radius 2 is 2.31 bits per heavy atom. The third-order valence-electron chi connectivity index (χ3n) is 5.77. The van der Waals surface area contributed by atoms with E-state index in [0.29, 0.717) is 31.2 Å². The molecule has 8 nitrogen and oxygen atoms in total. The van der Waals surface area contributed by atoms with Crippen LogP contribution in [0.4, 0.5) is 0 Å². The number of pyridine rings is 1. The Morgan fingerprint density at radius 1 is 1.38 bits per heavy atom. The zero-order valence-corrected chi connectivity index (χ0v) is 17.1. The molecule has 0 amide bonds. The quantitative estimate of drug-likeness (QED) is 0.610. The highest BCUT2D eigenvalue weighted by Gasteiger charge is 2.39. The molecule has 0 bridgehead atoms. The number of nitrogens with zero attached hydrogens (tertiary/aromatic N) is 5. The number of hydrogen-bond acceptors (Lipinski definition) is 8. The first-order valence-corrected chi connectivity index (χ1v) is 11.2. The first kappa shape index (κ1) is 18.7. The largest absolute Gasteiger partial charge is 0.632 e. The standard InChI is InChI=1S/C20H24N6O2S/c1-29-20-23-10-15-12-26(27,13-16-3-2-7-25(16)18(15)24-20)11-14-4-5-17(22-9-14)19-21-6-8-28-19/h4-6,8-10,16,20,24H,2-3,7,11-13H2,1H3/t16?,20-,26?/m0/s1. The maximum atomic E-state index is 13.9. The van der Waals surface area contributed by atoms with Gasteiger partial charge in [-0.25, -0.2) is 4.98 Å². The molecule has 3 aliphatic rings. The molecule has 0 aliphatic carbocycles. The molecule has 0 spiro atoms. The van der Waals surface area contributed by atoms with Gasteiger partial charge in [0.25, 0.3) is 0 Å². The lowest BCUT2D eigenvalue weighted by Gasteiger charge is -2.43. The molecular formula is C20H24N6O2S. The lowest BCUT2D eigenvalue weighted by Crippen LogP contribution is -2.48. The summed E-state index contributed by atoms with van der Waals surface area (Å²) in [6.07, 6.45) is 11.0. The number of oxazole rings is 1. The average Bonchev–Trinajstić information content (AvgIpc) is 3.39. The summed E-state index contributed by atoms with van der Waals surface area (Å²) < 4.78 is 5.00. The molecule has 9 heteroatoms. The van der Waals surface area contributed by atoms with Crippen molar-refractivity contribution in [1.29, 1.82) is 0 Å². The molecule has 5 rings (SSSR count). The van der Waals surface area contributed by atoms with Crippen LogP contribution in [0.25, 0.3) is 11.6 Å². The normalized spacial score (nSPS) is 28.7. The summed E-state index contributed by atoms with van der Waals surface area (Å²) in [7, 11) is 0. The minimum atomic E-state index is -0.294. The number of hydrogen-bond donors (Lipinski definition) is 1. The fourth-order valence-corrected chi connectivity index (χ4v) is 4.91. The molecule has 3 atom stereocenters. The monoisotopic (exact) mass is 412 g/mol. The van der Waals surface area contributed by atoms with Gasteiger partial charge in [0.1, 0.15) is 30.9 Å². The van der Waals surface area contributed by atoms with E-state index in [0.717, 1.165) is 36.3 Å². The summed E-state index contributed by atoms with van der Waals surface area (Å²) in [5.41, 5.74) is 2.63. The highest BCUT2D eigenvalue weighted by molar-refractivity contribution is 7.99. The molecule has 2 unspecified atom stereocenters. The van der Waals surface area contributed by atoms with Crippen molar-refractivity contribution >= 4 is 18.0 Å². The molecule has 29 heavy (non-hydrogen) atoms. The zero-order valence-electron chi connectivity index (χ0n) is 16.3. The molecule has 0 aromatic carbocycles. The minimum absolute atomic E-state index is 0.0219. The maximum absolute atomic E-state index is 13.9. The molecular weight excluding hydrogens is 388 g/mol. The van der Waals surface area contributed by atoms with Crippen LogP contribution in [0.15, 0.2) is 51.6 Å². The fraction of sp³-hybridized carbons (Fsp3) is 0.450. The molecule has 1 fully saturated rings. The SMILES string of the molecule is CS[C@H]1N=CC2=C(N1)N1CCCC1C[N+]([O-])(Cc1ccc(-c3ncco3)nc1)C2. The Labute approximate surface area is 173 Å². The first-order valence-electron chi connectivity index (χ1n) is 9.88. The Morgan fingerprint density at radius 3 is 3.07 bits per heavy atom. The van der Waals surface area contributed by atoms with E-state index in [9.17, 15) is 5.21 Å². The molecule has 152 valence electrons. The Balaban J connectivity index is 1.40. The van der Waals surface area contributed by atoms with Crippen molar-refractivity contribution in [2.45, 2.75) is 30.9 Å². The van der Waals surface area contributed by atoms with Crippen LogP contribution in [0.1, 0.15) is 18.4 Å². The minimum Gasteiger partial charge on any atom is -0.632 e. The second kappa shape index (κ2) is 7.47. The van der Waals surface area contributed by atoms with Crippen LogP contribution in [0.5, 0.6) is 0 Å². The number of quaternary nitrogens is 1. The summed E-state index contributed by atoms with van der Waals surface area (Å²) in [5.74, 6) is 1.59. The first-order chi connectivity index (χ1) is 14.1. The fourth-order valence-electron chi connectivity index (χ4n) is 4.50. The number of aromatic nitrogens is 2. The van der Waals surface area contributed by atoms with Gasteiger partial charge >= 0.3 is 0 Å². The summed E-state index contributed by atoms with van der Waals surface area (Å²) >= 11 is 1.67. The van der Waals surface area contributed by atoms with Crippen LogP contribution < -0.4 is 5.32 Å². The Bertz CT molecular complexity index is 929. The van der Waals surface area contributed by atoms with Crippen molar-refractivity contribution < 1.29 is 9.06 Å². The molecule has 2 aromatic heterocycles. The molecule has 1 saturated heterocycles. The van der Waals surface area contributed by atoms with E-state index < -0.39 is 0 Å². The van der Waals surface area contributed by atoms with Gasteiger partial charge in [0.2, 0.25) is 5.89 Å². The Hall–Kier alpha value is -2.36. The van der Waals surface area contributed by atoms with Gasteiger partial charge in [-0.05, 0) is 31.2 Å². The molecule has 3 aliphatic heterocycles.